The lowest BCUT2D eigenvalue weighted by molar-refractivity contribution is -0.245. The summed E-state index contributed by atoms with van der Waals surface area (Å²) in [6, 6.07) is 30.6. The van der Waals surface area contributed by atoms with E-state index >= 15 is 0 Å². The molecule has 6 N–H and O–H groups in total. The van der Waals surface area contributed by atoms with E-state index in [1.54, 1.807) is 23.9 Å². The molecule has 1 fully saturated rings. The van der Waals surface area contributed by atoms with E-state index in [-0.39, 0.29) is 36.5 Å². The number of amides is 3. The quantitative estimate of drug-likeness (QED) is 0.0463. The monoisotopic (exact) mass is 710 g/mol. The number of rotatable bonds is 16. The fourth-order valence-electron chi connectivity index (χ4n) is 5.70. The lowest BCUT2D eigenvalue weighted by Crippen LogP contribution is -2.31. The van der Waals surface area contributed by atoms with Crippen LogP contribution < -0.4 is 21.7 Å². The molecule has 0 aliphatic carbocycles. The summed E-state index contributed by atoms with van der Waals surface area (Å²) < 4.78 is 13.0. The van der Waals surface area contributed by atoms with Crippen LogP contribution in [0.5, 0.6) is 0 Å². The van der Waals surface area contributed by atoms with Crippen molar-refractivity contribution in [3.8, 4) is 0 Å². The largest absolute Gasteiger partial charge is 0.397 e. The van der Waals surface area contributed by atoms with Gasteiger partial charge in [0.25, 0.3) is 0 Å². The van der Waals surface area contributed by atoms with E-state index in [9.17, 15) is 19.5 Å². The Bertz CT molecular complexity index is 1730. The summed E-state index contributed by atoms with van der Waals surface area (Å²) in [5.41, 5.74) is 11.5. The maximum Gasteiger partial charge on any atom is 0.224 e. The van der Waals surface area contributed by atoms with Crippen molar-refractivity contribution in [1.29, 1.82) is 0 Å². The second-order valence-corrected chi connectivity index (χ2v) is 13.7. The average molecular weight is 711 g/mol. The van der Waals surface area contributed by atoms with Gasteiger partial charge in [-0.1, -0.05) is 67.1 Å². The fraction of sp³-hybridized carbons (Fsp3) is 0.325. The predicted molar refractivity (Wildman–Crippen MR) is 201 cm³/mol. The third kappa shape index (κ3) is 12.0. The Morgan fingerprint density at radius 3 is 2.14 bits per heavy atom. The second-order valence-electron chi connectivity index (χ2n) is 12.6. The number of unbranched alkanes of at least 4 members (excludes halogenated alkanes) is 2. The van der Waals surface area contributed by atoms with Gasteiger partial charge >= 0.3 is 0 Å². The van der Waals surface area contributed by atoms with Crippen molar-refractivity contribution in [3.05, 3.63) is 119 Å². The molecule has 10 nitrogen and oxygen atoms in total. The van der Waals surface area contributed by atoms with E-state index in [4.69, 9.17) is 15.2 Å². The Hall–Kier alpha value is -4.68. The SMILES string of the molecule is CC(=O)Nc1ccc(SCC2CC(c3ccc(CO)cc3)OC(c3ccc(CNC(=O)CCCCCC(=O)Nc4ccccc4N)cc3)O2)cc1. The zero-order valence-corrected chi connectivity index (χ0v) is 29.6. The van der Waals surface area contributed by atoms with Crippen molar-refractivity contribution >= 4 is 46.5 Å². The number of anilines is 3. The van der Waals surface area contributed by atoms with E-state index in [0.717, 1.165) is 39.3 Å². The van der Waals surface area contributed by atoms with Crippen LogP contribution in [0.15, 0.2) is 102 Å². The average Bonchev–Trinajstić information content (AvgIpc) is 3.14. The minimum Gasteiger partial charge on any atom is -0.397 e. The van der Waals surface area contributed by atoms with Gasteiger partial charge in [-0.25, -0.2) is 0 Å². The summed E-state index contributed by atoms with van der Waals surface area (Å²) in [4.78, 5) is 37.1. The molecule has 0 bridgehead atoms. The molecular formula is C40H46N4O6S. The number of ether oxygens (including phenoxy) is 2. The molecule has 0 radical (unpaired) electrons. The van der Waals surface area contributed by atoms with Crippen molar-refractivity contribution in [1.82, 2.24) is 5.32 Å². The first-order valence-electron chi connectivity index (χ1n) is 17.3. The standard InChI is InChI=1S/C40H46N4O6S/c1-27(46)43-32-19-21-34(22-20-32)51-26-33-23-37(30-15-13-29(25-45)14-16-30)50-40(49-33)31-17-11-28(12-18-31)24-42-38(47)9-3-2-4-10-39(48)44-36-8-6-5-7-35(36)41/h5-8,11-22,33,37,40,45H,2-4,9-10,23-26,41H2,1H3,(H,42,47)(H,43,46)(H,44,48). The third-order valence-electron chi connectivity index (χ3n) is 8.51. The Morgan fingerprint density at radius 2 is 1.45 bits per heavy atom. The Labute approximate surface area is 303 Å². The number of aliphatic hydroxyl groups is 1. The summed E-state index contributed by atoms with van der Waals surface area (Å²) in [5.74, 6) is 0.494. The van der Waals surface area contributed by atoms with E-state index in [0.29, 0.717) is 55.8 Å². The normalized spacial score (nSPS) is 17.0. The van der Waals surface area contributed by atoms with Gasteiger partial charge in [0.05, 0.1) is 30.2 Å². The molecule has 51 heavy (non-hydrogen) atoms. The first-order valence-corrected chi connectivity index (χ1v) is 18.2. The van der Waals surface area contributed by atoms with Crippen LogP contribution in [-0.2, 0) is 37.0 Å². The molecule has 4 aromatic carbocycles. The van der Waals surface area contributed by atoms with Gasteiger partial charge in [-0.15, -0.1) is 11.8 Å². The van der Waals surface area contributed by atoms with Gasteiger partial charge in [-0.2, -0.15) is 0 Å². The van der Waals surface area contributed by atoms with Gasteiger partial charge < -0.3 is 36.3 Å². The van der Waals surface area contributed by atoms with Crippen LogP contribution in [0.4, 0.5) is 17.1 Å². The van der Waals surface area contributed by atoms with Gasteiger partial charge in [0.1, 0.15) is 0 Å². The first kappa shape index (κ1) is 37.6. The molecule has 0 saturated carbocycles. The molecule has 1 heterocycles. The molecule has 268 valence electrons. The molecule has 1 saturated heterocycles. The van der Waals surface area contributed by atoms with Crippen LogP contribution in [0.1, 0.15) is 80.1 Å². The number of thioether (sulfide) groups is 1. The number of hydrogen-bond acceptors (Lipinski definition) is 8. The number of para-hydroxylation sites is 2. The lowest BCUT2D eigenvalue weighted by atomic mass is 10.0. The topological polar surface area (TPSA) is 152 Å². The smallest absolute Gasteiger partial charge is 0.224 e. The summed E-state index contributed by atoms with van der Waals surface area (Å²) in [6.07, 6.45) is 2.75. The summed E-state index contributed by atoms with van der Waals surface area (Å²) in [7, 11) is 0. The van der Waals surface area contributed by atoms with Gasteiger partial charge in [-0.05, 0) is 65.9 Å². The van der Waals surface area contributed by atoms with E-state index in [1.807, 2.05) is 84.9 Å². The van der Waals surface area contributed by atoms with Crippen LogP contribution in [0.2, 0.25) is 0 Å². The highest BCUT2D eigenvalue weighted by Gasteiger charge is 2.32. The minimum atomic E-state index is -0.579. The highest BCUT2D eigenvalue weighted by molar-refractivity contribution is 7.99. The number of carbonyl (C=O) groups excluding carboxylic acids is 3. The third-order valence-corrected chi connectivity index (χ3v) is 9.65. The van der Waals surface area contributed by atoms with Crippen molar-refractivity contribution in [2.45, 2.75) is 82.0 Å². The first-order chi connectivity index (χ1) is 24.7. The molecule has 3 unspecified atom stereocenters. The molecule has 4 aromatic rings. The number of nitrogens with one attached hydrogen (secondary N) is 3. The van der Waals surface area contributed by atoms with Crippen molar-refractivity contribution < 1.29 is 29.0 Å². The molecule has 3 atom stereocenters. The molecular weight excluding hydrogens is 665 g/mol. The van der Waals surface area contributed by atoms with E-state index in [2.05, 4.69) is 16.0 Å². The van der Waals surface area contributed by atoms with Crippen molar-refractivity contribution in [3.63, 3.8) is 0 Å². The minimum absolute atomic E-state index is 0.0173. The van der Waals surface area contributed by atoms with Crippen LogP contribution >= 0.6 is 11.8 Å². The zero-order chi connectivity index (χ0) is 36.0. The van der Waals surface area contributed by atoms with Crippen LogP contribution in [0.3, 0.4) is 0 Å². The van der Waals surface area contributed by atoms with Crippen molar-refractivity contribution in [2.24, 2.45) is 0 Å². The molecule has 3 amide bonds. The van der Waals surface area contributed by atoms with Gasteiger partial charge in [-0.3, -0.25) is 14.4 Å². The van der Waals surface area contributed by atoms with E-state index < -0.39 is 6.29 Å². The maximum absolute atomic E-state index is 12.5. The second kappa shape index (κ2) is 19.1. The molecule has 1 aliphatic rings. The maximum atomic E-state index is 12.5. The number of carbonyl (C=O) groups is 3. The van der Waals surface area contributed by atoms with Gasteiger partial charge in [0.15, 0.2) is 6.29 Å². The molecule has 5 rings (SSSR count). The Balaban J connectivity index is 1.09. The Kier molecular flexibility index (Phi) is 14.1. The number of nitrogens with two attached hydrogens (primary N) is 1. The summed E-state index contributed by atoms with van der Waals surface area (Å²) in [6.45, 7) is 1.88. The highest BCUT2D eigenvalue weighted by atomic mass is 32.2. The molecule has 1 aliphatic heterocycles. The number of nitrogen functional groups attached to an aromatic ring is 1. The van der Waals surface area contributed by atoms with Crippen LogP contribution in [0.25, 0.3) is 0 Å². The highest BCUT2D eigenvalue weighted by Crippen LogP contribution is 2.39. The number of hydrogen-bond donors (Lipinski definition) is 5. The van der Waals surface area contributed by atoms with Crippen LogP contribution in [-0.4, -0.2) is 34.7 Å². The van der Waals surface area contributed by atoms with Gasteiger partial charge in [0, 0.05) is 54.6 Å². The number of aliphatic hydroxyl groups excluding tert-OH is 1. The van der Waals surface area contributed by atoms with Crippen molar-refractivity contribution in [2.75, 3.05) is 22.1 Å². The lowest BCUT2D eigenvalue weighted by Gasteiger charge is -2.36. The van der Waals surface area contributed by atoms with E-state index in [1.165, 1.54) is 6.92 Å². The zero-order valence-electron chi connectivity index (χ0n) is 28.8. The van der Waals surface area contributed by atoms with Gasteiger partial charge in [0.2, 0.25) is 17.7 Å². The fourth-order valence-corrected chi connectivity index (χ4v) is 6.62. The predicted octanol–water partition coefficient (Wildman–Crippen LogP) is 7.26. The summed E-state index contributed by atoms with van der Waals surface area (Å²) in [5, 5.41) is 18.1. The molecule has 0 spiro atoms. The summed E-state index contributed by atoms with van der Waals surface area (Å²) >= 11 is 1.69. The number of benzene rings is 4. The molecule has 11 heteroatoms. The van der Waals surface area contributed by atoms with Crippen LogP contribution in [0, 0.1) is 0 Å². The molecule has 0 aromatic heterocycles. The Morgan fingerprint density at radius 1 is 0.784 bits per heavy atom.